The van der Waals surface area contributed by atoms with Crippen LogP contribution in [0.4, 0.5) is 5.69 Å². The third-order valence-corrected chi connectivity index (χ3v) is 5.29. The average Bonchev–Trinajstić information content (AvgIpc) is 3.13. The summed E-state index contributed by atoms with van der Waals surface area (Å²) in [5.74, 6) is 0.808. The smallest absolute Gasteiger partial charge is 0.342 e. The molecule has 0 aliphatic carbocycles. The van der Waals surface area contributed by atoms with E-state index >= 15 is 0 Å². The third-order valence-electron chi connectivity index (χ3n) is 5.29. The van der Waals surface area contributed by atoms with E-state index in [2.05, 4.69) is 5.32 Å². The van der Waals surface area contributed by atoms with Crippen molar-refractivity contribution < 1.29 is 23.8 Å². The summed E-state index contributed by atoms with van der Waals surface area (Å²) in [5, 5.41) is 2.89. The van der Waals surface area contributed by atoms with Crippen LogP contribution < -0.4 is 14.8 Å². The van der Waals surface area contributed by atoms with Crippen LogP contribution in [0.2, 0.25) is 0 Å². The van der Waals surface area contributed by atoms with Crippen LogP contribution in [0.15, 0.2) is 42.0 Å². The van der Waals surface area contributed by atoms with Crippen molar-refractivity contribution >= 4 is 17.6 Å². The molecule has 0 saturated heterocycles. The molecule has 0 radical (unpaired) electrons. The number of allylic oxidation sites excluding steroid dienone is 2. The van der Waals surface area contributed by atoms with Crippen LogP contribution >= 0.6 is 0 Å². The van der Waals surface area contributed by atoms with Gasteiger partial charge in [-0.25, -0.2) is 4.79 Å². The Morgan fingerprint density at radius 2 is 1.83 bits per heavy atom. The molecular weight excluding hydrogens is 382 g/mol. The molecule has 30 heavy (non-hydrogen) atoms. The molecule has 158 valence electrons. The third kappa shape index (κ3) is 4.48. The first kappa shape index (κ1) is 21.4. The van der Waals surface area contributed by atoms with Crippen LogP contribution in [-0.2, 0) is 22.6 Å². The second-order valence-corrected chi connectivity index (χ2v) is 7.27. The standard InChI is InChI=1S/C24H27NO5/c1-15(11-13-20(26)25-17-8-6-5-7-9-17)10-12-18-22(28-3)16(2)19-14-30-24(27)21(19)23(18)29-4/h5-10H,11-14H2,1-4H3,(H,25,26)/b15-10+. The molecule has 0 aromatic heterocycles. The molecular formula is C24H27NO5. The molecule has 0 spiro atoms. The summed E-state index contributed by atoms with van der Waals surface area (Å²) in [6, 6.07) is 9.40. The summed E-state index contributed by atoms with van der Waals surface area (Å²) >= 11 is 0. The lowest BCUT2D eigenvalue weighted by atomic mass is 9.94. The lowest BCUT2D eigenvalue weighted by Crippen LogP contribution is -2.11. The molecule has 1 aliphatic rings. The van der Waals surface area contributed by atoms with E-state index in [0.717, 1.165) is 28.0 Å². The summed E-state index contributed by atoms with van der Waals surface area (Å²) in [4.78, 5) is 24.4. The van der Waals surface area contributed by atoms with Gasteiger partial charge < -0.3 is 19.5 Å². The zero-order valence-corrected chi connectivity index (χ0v) is 17.8. The van der Waals surface area contributed by atoms with Crippen molar-refractivity contribution in [1.29, 1.82) is 0 Å². The SMILES string of the molecule is COc1c(C)c2c(c(OC)c1C/C=C(\C)CCC(=O)Nc1ccccc1)C(=O)OC2. The number of esters is 1. The number of benzene rings is 2. The van der Waals surface area contributed by atoms with Gasteiger partial charge in [0.25, 0.3) is 0 Å². The fourth-order valence-electron chi connectivity index (χ4n) is 3.67. The zero-order chi connectivity index (χ0) is 21.7. The predicted molar refractivity (Wildman–Crippen MR) is 115 cm³/mol. The quantitative estimate of drug-likeness (QED) is 0.510. The van der Waals surface area contributed by atoms with Gasteiger partial charge in [-0.3, -0.25) is 4.79 Å². The first-order valence-electron chi connectivity index (χ1n) is 9.90. The molecule has 2 aromatic carbocycles. The Labute approximate surface area is 176 Å². The van der Waals surface area contributed by atoms with Crippen LogP contribution in [0, 0.1) is 6.92 Å². The van der Waals surface area contributed by atoms with E-state index < -0.39 is 0 Å². The van der Waals surface area contributed by atoms with Crippen LogP contribution in [0.5, 0.6) is 11.5 Å². The van der Waals surface area contributed by atoms with E-state index in [1.54, 1.807) is 14.2 Å². The number of carbonyl (C=O) groups excluding carboxylic acids is 2. The molecule has 2 aromatic rings. The Morgan fingerprint density at radius 3 is 2.50 bits per heavy atom. The van der Waals surface area contributed by atoms with Crippen LogP contribution in [-0.4, -0.2) is 26.1 Å². The lowest BCUT2D eigenvalue weighted by Gasteiger charge is -2.18. The molecule has 1 amide bonds. The van der Waals surface area contributed by atoms with Crippen molar-refractivity contribution in [3.8, 4) is 11.5 Å². The van der Waals surface area contributed by atoms with Crippen LogP contribution in [0.25, 0.3) is 0 Å². The molecule has 1 heterocycles. The first-order valence-corrected chi connectivity index (χ1v) is 9.90. The van der Waals surface area contributed by atoms with Crippen LogP contribution in [0.1, 0.15) is 46.8 Å². The van der Waals surface area contributed by atoms with Gasteiger partial charge in [0.05, 0.1) is 14.2 Å². The number of fused-ring (bicyclic) bond motifs is 1. The Morgan fingerprint density at radius 1 is 1.13 bits per heavy atom. The number of amides is 1. The maximum absolute atomic E-state index is 12.2. The predicted octanol–water partition coefficient (Wildman–Crippen LogP) is 4.59. The molecule has 3 rings (SSSR count). The van der Waals surface area contributed by atoms with E-state index in [0.29, 0.717) is 36.3 Å². The van der Waals surface area contributed by atoms with Gasteiger partial charge in [0.15, 0.2) is 0 Å². The maximum atomic E-state index is 12.2. The zero-order valence-electron chi connectivity index (χ0n) is 17.8. The van der Waals surface area contributed by atoms with Crippen molar-refractivity contribution in [2.24, 2.45) is 0 Å². The van der Waals surface area contributed by atoms with Crippen molar-refractivity contribution in [3.63, 3.8) is 0 Å². The van der Waals surface area contributed by atoms with Gasteiger partial charge in [0.2, 0.25) is 5.91 Å². The summed E-state index contributed by atoms with van der Waals surface area (Å²) in [7, 11) is 3.16. The highest BCUT2D eigenvalue weighted by atomic mass is 16.5. The van der Waals surface area contributed by atoms with Crippen molar-refractivity contribution in [2.75, 3.05) is 19.5 Å². The first-order chi connectivity index (χ1) is 14.5. The molecule has 0 bridgehead atoms. The van der Waals surface area contributed by atoms with Gasteiger partial charge in [-0.05, 0) is 44.4 Å². The molecule has 1 aliphatic heterocycles. The normalized spacial score (nSPS) is 12.9. The molecule has 0 unspecified atom stereocenters. The Bertz CT molecular complexity index is 979. The van der Waals surface area contributed by atoms with Gasteiger partial charge in [-0.2, -0.15) is 0 Å². The van der Waals surface area contributed by atoms with Crippen molar-refractivity contribution in [2.45, 2.75) is 39.7 Å². The van der Waals surface area contributed by atoms with Crippen molar-refractivity contribution in [1.82, 2.24) is 0 Å². The lowest BCUT2D eigenvalue weighted by molar-refractivity contribution is -0.116. The van der Waals surface area contributed by atoms with Crippen molar-refractivity contribution in [3.05, 3.63) is 64.2 Å². The number of carbonyl (C=O) groups is 2. The number of cyclic esters (lactones) is 1. The van der Waals surface area contributed by atoms with Crippen LogP contribution in [0.3, 0.4) is 0 Å². The number of para-hydroxylation sites is 1. The number of rotatable bonds is 8. The highest BCUT2D eigenvalue weighted by Gasteiger charge is 2.32. The number of ether oxygens (including phenoxy) is 3. The van der Waals surface area contributed by atoms with Gasteiger partial charge in [-0.1, -0.05) is 29.8 Å². The molecule has 0 atom stereocenters. The second-order valence-electron chi connectivity index (χ2n) is 7.27. The van der Waals surface area contributed by atoms with E-state index in [-0.39, 0.29) is 18.5 Å². The number of nitrogens with one attached hydrogen (secondary N) is 1. The molecule has 0 fully saturated rings. The van der Waals surface area contributed by atoms with Gasteiger partial charge >= 0.3 is 5.97 Å². The summed E-state index contributed by atoms with van der Waals surface area (Å²) < 4.78 is 16.4. The Kier molecular flexibility index (Phi) is 6.77. The second kappa shape index (κ2) is 9.48. The number of anilines is 1. The number of methoxy groups -OCH3 is 2. The number of hydrogen-bond acceptors (Lipinski definition) is 5. The van der Waals surface area contributed by atoms with E-state index in [1.165, 1.54) is 0 Å². The summed E-state index contributed by atoms with van der Waals surface area (Å²) in [5.41, 5.74) is 4.86. The van der Waals surface area contributed by atoms with Gasteiger partial charge in [0.1, 0.15) is 23.7 Å². The fourth-order valence-corrected chi connectivity index (χ4v) is 3.67. The highest BCUT2D eigenvalue weighted by Crippen LogP contribution is 2.42. The minimum atomic E-state index is -0.368. The minimum Gasteiger partial charge on any atom is -0.496 e. The molecule has 0 saturated carbocycles. The summed E-state index contributed by atoms with van der Waals surface area (Å²) in [6.07, 6.45) is 3.60. The minimum absolute atomic E-state index is 0.0276. The van der Waals surface area contributed by atoms with Gasteiger partial charge in [0, 0.05) is 23.2 Å². The van der Waals surface area contributed by atoms with E-state index in [9.17, 15) is 9.59 Å². The Balaban J connectivity index is 1.73. The maximum Gasteiger partial charge on any atom is 0.342 e. The average molecular weight is 409 g/mol. The largest absolute Gasteiger partial charge is 0.496 e. The number of hydrogen-bond donors (Lipinski definition) is 1. The monoisotopic (exact) mass is 409 g/mol. The molecule has 1 N–H and O–H groups in total. The fraction of sp³-hybridized carbons (Fsp3) is 0.333. The molecule has 6 nitrogen and oxygen atoms in total. The van der Waals surface area contributed by atoms with E-state index in [1.807, 2.05) is 50.3 Å². The molecule has 6 heteroatoms. The van der Waals surface area contributed by atoms with Gasteiger partial charge in [-0.15, -0.1) is 0 Å². The summed E-state index contributed by atoms with van der Waals surface area (Å²) in [6.45, 7) is 4.15. The topological polar surface area (TPSA) is 73.9 Å². The Hall–Kier alpha value is -3.28. The highest BCUT2D eigenvalue weighted by molar-refractivity contribution is 5.98. The van der Waals surface area contributed by atoms with E-state index in [4.69, 9.17) is 14.2 Å².